The van der Waals surface area contributed by atoms with Crippen molar-refractivity contribution in [2.75, 3.05) is 0 Å². The molecule has 4 aliphatic carbocycles. The Labute approximate surface area is 183 Å². The molecular formula is C27H42O3. The minimum Gasteiger partial charge on any atom is -0.393 e. The second-order valence-corrected chi connectivity index (χ2v) is 11.7. The first kappa shape index (κ1) is 22.3. The fourth-order valence-electron chi connectivity index (χ4n) is 7.42. The van der Waals surface area contributed by atoms with E-state index in [1.54, 1.807) is 5.57 Å². The summed E-state index contributed by atoms with van der Waals surface area (Å²) in [7, 11) is 0. The molecule has 6 atom stereocenters. The monoisotopic (exact) mass is 414 g/mol. The second kappa shape index (κ2) is 7.90. The highest BCUT2D eigenvalue weighted by Gasteiger charge is 2.69. The number of fused-ring (bicyclic) bond motifs is 2. The van der Waals surface area contributed by atoms with Crippen LogP contribution < -0.4 is 0 Å². The van der Waals surface area contributed by atoms with Gasteiger partial charge in [-0.3, -0.25) is 0 Å². The van der Waals surface area contributed by atoms with Crippen LogP contribution in [0.3, 0.4) is 0 Å². The molecule has 168 valence electrons. The lowest BCUT2D eigenvalue weighted by Gasteiger charge is -2.43. The van der Waals surface area contributed by atoms with Crippen LogP contribution in [-0.4, -0.2) is 33.1 Å². The van der Waals surface area contributed by atoms with Gasteiger partial charge in [0, 0.05) is 6.42 Å². The summed E-state index contributed by atoms with van der Waals surface area (Å²) < 4.78 is 0. The average Bonchev–Trinajstić information content (AvgIpc) is 3.27. The van der Waals surface area contributed by atoms with Crippen LogP contribution in [0.25, 0.3) is 0 Å². The van der Waals surface area contributed by atoms with E-state index in [2.05, 4.69) is 25.7 Å². The normalized spacial score (nSPS) is 44.1. The van der Waals surface area contributed by atoms with Crippen molar-refractivity contribution in [3.8, 4) is 0 Å². The van der Waals surface area contributed by atoms with Crippen LogP contribution >= 0.6 is 0 Å². The molecule has 3 N–H and O–H groups in total. The van der Waals surface area contributed by atoms with Crippen molar-refractivity contribution in [2.24, 2.45) is 22.7 Å². The second-order valence-electron chi connectivity index (χ2n) is 11.7. The van der Waals surface area contributed by atoms with Gasteiger partial charge in [0.05, 0.1) is 17.8 Å². The van der Waals surface area contributed by atoms with Crippen LogP contribution in [0.15, 0.2) is 35.5 Å². The molecule has 0 unspecified atom stereocenters. The lowest BCUT2D eigenvalue weighted by Crippen LogP contribution is -2.35. The van der Waals surface area contributed by atoms with Crippen molar-refractivity contribution >= 4 is 0 Å². The van der Waals surface area contributed by atoms with E-state index in [1.165, 1.54) is 44.9 Å². The van der Waals surface area contributed by atoms with Crippen LogP contribution in [0.1, 0.15) is 91.4 Å². The highest BCUT2D eigenvalue weighted by molar-refractivity contribution is 5.39. The number of aliphatic hydroxyl groups is 3. The SMILES string of the molecule is C=C1/C(=C\C=C2/CCC[C@@]3(C)[C@H]2CC[C@@]32C[C@H]2CCCC(C)(C)O)C[C@@H](O)C[C@@H]1O. The summed E-state index contributed by atoms with van der Waals surface area (Å²) in [5.74, 6) is 1.52. The predicted molar refractivity (Wildman–Crippen MR) is 122 cm³/mol. The Morgan fingerprint density at radius 1 is 1.20 bits per heavy atom. The Bertz CT molecular complexity index is 742. The smallest absolute Gasteiger partial charge is 0.0811 e. The molecule has 4 fully saturated rings. The molecule has 3 nitrogen and oxygen atoms in total. The fourth-order valence-corrected chi connectivity index (χ4v) is 7.42. The fraction of sp³-hybridized carbons (Fsp3) is 0.778. The molecule has 0 aromatic carbocycles. The van der Waals surface area contributed by atoms with Gasteiger partial charge in [-0.1, -0.05) is 37.6 Å². The lowest BCUT2D eigenvalue weighted by atomic mass is 9.61. The first-order chi connectivity index (χ1) is 14.1. The summed E-state index contributed by atoms with van der Waals surface area (Å²) in [6.45, 7) is 10.5. The van der Waals surface area contributed by atoms with Gasteiger partial charge in [0.2, 0.25) is 0 Å². The van der Waals surface area contributed by atoms with Gasteiger partial charge in [-0.05, 0) is 105 Å². The van der Waals surface area contributed by atoms with Crippen molar-refractivity contribution in [3.05, 3.63) is 35.5 Å². The van der Waals surface area contributed by atoms with Crippen molar-refractivity contribution in [2.45, 2.75) is 109 Å². The molecule has 0 bridgehead atoms. The van der Waals surface area contributed by atoms with E-state index in [1.807, 2.05) is 13.8 Å². The Kier molecular flexibility index (Phi) is 5.87. The molecule has 0 saturated heterocycles. The molecule has 0 aromatic heterocycles. The van der Waals surface area contributed by atoms with Crippen molar-refractivity contribution < 1.29 is 15.3 Å². The van der Waals surface area contributed by atoms with Crippen LogP contribution in [0, 0.1) is 22.7 Å². The third-order valence-corrected chi connectivity index (χ3v) is 9.23. The molecule has 1 spiro atoms. The zero-order valence-electron chi connectivity index (χ0n) is 19.3. The van der Waals surface area contributed by atoms with Crippen LogP contribution in [0.2, 0.25) is 0 Å². The topological polar surface area (TPSA) is 60.7 Å². The maximum absolute atomic E-state index is 10.1. The standard InChI is InChI=1S/C27H42O3/c1-18-20(15-22(28)16-24(18)29)10-9-19-7-5-13-26(4)23(19)11-14-27(26)17-21(27)8-6-12-25(2,3)30/h9-10,21-24,28-30H,1,5-8,11-17H2,2-4H3/b19-9+,20-10-/t21-,22-,23+,24+,26+,27+/m1/s1. The van der Waals surface area contributed by atoms with E-state index in [9.17, 15) is 15.3 Å². The van der Waals surface area contributed by atoms with E-state index in [0.29, 0.717) is 29.6 Å². The third-order valence-electron chi connectivity index (χ3n) is 9.23. The molecule has 30 heavy (non-hydrogen) atoms. The summed E-state index contributed by atoms with van der Waals surface area (Å²) in [6.07, 6.45) is 15.6. The maximum atomic E-state index is 10.1. The molecule has 4 aliphatic rings. The largest absolute Gasteiger partial charge is 0.393 e. The lowest BCUT2D eigenvalue weighted by molar-refractivity contribution is 0.0653. The molecule has 4 rings (SSSR count). The molecule has 3 heteroatoms. The Balaban J connectivity index is 1.46. The average molecular weight is 415 g/mol. The summed E-state index contributed by atoms with van der Waals surface area (Å²) in [4.78, 5) is 0. The Morgan fingerprint density at radius 3 is 2.70 bits per heavy atom. The molecule has 0 aliphatic heterocycles. The van der Waals surface area contributed by atoms with E-state index in [0.717, 1.165) is 29.9 Å². The minimum atomic E-state index is -0.610. The Hall–Kier alpha value is -0.900. The van der Waals surface area contributed by atoms with Gasteiger partial charge in [0.25, 0.3) is 0 Å². The highest BCUT2D eigenvalue weighted by atomic mass is 16.3. The molecule has 0 amide bonds. The Morgan fingerprint density at radius 2 is 1.97 bits per heavy atom. The van der Waals surface area contributed by atoms with Gasteiger partial charge in [0.15, 0.2) is 0 Å². The molecule has 0 radical (unpaired) electrons. The van der Waals surface area contributed by atoms with E-state index in [4.69, 9.17) is 0 Å². The zero-order chi connectivity index (χ0) is 21.7. The number of hydrogen-bond donors (Lipinski definition) is 3. The number of allylic oxidation sites excluding steroid dienone is 3. The van der Waals surface area contributed by atoms with Gasteiger partial charge < -0.3 is 15.3 Å². The van der Waals surface area contributed by atoms with Gasteiger partial charge >= 0.3 is 0 Å². The predicted octanol–water partition coefficient (Wildman–Crippen LogP) is 5.46. The maximum Gasteiger partial charge on any atom is 0.0811 e. The van der Waals surface area contributed by atoms with Crippen LogP contribution in [0.4, 0.5) is 0 Å². The van der Waals surface area contributed by atoms with E-state index >= 15 is 0 Å². The summed E-state index contributed by atoms with van der Waals surface area (Å²) >= 11 is 0. The first-order valence-electron chi connectivity index (χ1n) is 12.2. The van der Waals surface area contributed by atoms with E-state index < -0.39 is 17.8 Å². The number of aliphatic hydroxyl groups excluding tert-OH is 2. The number of hydrogen-bond acceptors (Lipinski definition) is 3. The zero-order valence-corrected chi connectivity index (χ0v) is 19.3. The summed E-state index contributed by atoms with van der Waals surface area (Å²) in [6, 6.07) is 0. The van der Waals surface area contributed by atoms with E-state index in [-0.39, 0.29) is 0 Å². The van der Waals surface area contributed by atoms with Crippen LogP contribution in [-0.2, 0) is 0 Å². The first-order valence-corrected chi connectivity index (χ1v) is 12.2. The van der Waals surface area contributed by atoms with Gasteiger partial charge in [-0.15, -0.1) is 0 Å². The molecule has 0 heterocycles. The van der Waals surface area contributed by atoms with Gasteiger partial charge in [0.1, 0.15) is 0 Å². The van der Waals surface area contributed by atoms with Crippen molar-refractivity contribution in [3.63, 3.8) is 0 Å². The van der Waals surface area contributed by atoms with Crippen LogP contribution in [0.5, 0.6) is 0 Å². The minimum absolute atomic E-state index is 0.408. The van der Waals surface area contributed by atoms with Gasteiger partial charge in [-0.25, -0.2) is 0 Å². The third kappa shape index (κ3) is 3.98. The quantitative estimate of drug-likeness (QED) is 0.560. The summed E-state index contributed by atoms with van der Waals surface area (Å²) in [5.41, 5.74) is 3.79. The highest BCUT2D eigenvalue weighted by Crippen LogP contribution is 2.77. The van der Waals surface area contributed by atoms with Gasteiger partial charge in [-0.2, -0.15) is 0 Å². The van der Waals surface area contributed by atoms with Crippen molar-refractivity contribution in [1.29, 1.82) is 0 Å². The molecule has 0 aromatic rings. The summed E-state index contributed by atoms with van der Waals surface area (Å²) in [5, 5.41) is 30.2. The van der Waals surface area contributed by atoms with Crippen molar-refractivity contribution in [1.82, 2.24) is 0 Å². The molecule has 4 saturated carbocycles. The molecular weight excluding hydrogens is 372 g/mol. The number of rotatable bonds is 5.